The van der Waals surface area contributed by atoms with Crippen LogP contribution in [0.25, 0.3) is 0 Å². The SMILES string of the molecule is N[C@@]1(c2ccccc2F)CCC[C@H]1CF. The Labute approximate surface area is 88.3 Å². The maximum atomic E-state index is 13.6. The molecular formula is C12H15F2N. The van der Waals surface area contributed by atoms with E-state index in [1.54, 1.807) is 18.2 Å². The highest BCUT2D eigenvalue weighted by molar-refractivity contribution is 5.28. The molecule has 1 aromatic carbocycles. The Balaban J connectivity index is 2.40. The second kappa shape index (κ2) is 3.89. The van der Waals surface area contributed by atoms with Gasteiger partial charge in [-0.25, -0.2) is 4.39 Å². The number of halogens is 2. The monoisotopic (exact) mass is 211 g/mol. The minimum Gasteiger partial charge on any atom is -0.321 e. The smallest absolute Gasteiger partial charge is 0.128 e. The van der Waals surface area contributed by atoms with Crippen molar-refractivity contribution in [3.8, 4) is 0 Å². The summed E-state index contributed by atoms with van der Waals surface area (Å²) in [6, 6.07) is 6.43. The highest BCUT2D eigenvalue weighted by Crippen LogP contribution is 2.42. The van der Waals surface area contributed by atoms with Crippen molar-refractivity contribution in [2.75, 3.05) is 6.67 Å². The number of alkyl halides is 1. The maximum absolute atomic E-state index is 13.6. The number of benzene rings is 1. The van der Waals surface area contributed by atoms with Crippen molar-refractivity contribution in [1.29, 1.82) is 0 Å². The molecule has 0 aromatic heterocycles. The van der Waals surface area contributed by atoms with Gasteiger partial charge in [-0.1, -0.05) is 24.6 Å². The zero-order chi connectivity index (χ0) is 10.9. The first kappa shape index (κ1) is 10.6. The van der Waals surface area contributed by atoms with Gasteiger partial charge in [-0.2, -0.15) is 0 Å². The van der Waals surface area contributed by atoms with Crippen LogP contribution in [-0.4, -0.2) is 6.67 Å². The molecule has 15 heavy (non-hydrogen) atoms. The first-order valence-electron chi connectivity index (χ1n) is 5.28. The van der Waals surface area contributed by atoms with Crippen molar-refractivity contribution < 1.29 is 8.78 Å². The van der Waals surface area contributed by atoms with Crippen LogP contribution in [0.1, 0.15) is 24.8 Å². The summed E-state index contributed by atoms with van der Waals surface area (Å²) in [7, 11) is 0. The van der Waals surface area contributed by atoms with Crippen LogP contribution in [0.5, 0.6) is 0 Å². The lowest BCUT2D eigenvalue weighted by atomic mass is 9.82. The van der Waals surface area contributed by atoms with E-state index in [0.29, 0.717) is 12.0 Å². The highest BCUT2D eigenvalue weighted by atomic mass is 19.1. The topological polar surface area (TPSA) is 26.0 Å². The number of hydrogen-bond acceptors (Lipinski definition) is 1. The number of hydrogen-bond donors (Lipinski definition) is 1. The van der Waals surface area contributed by atoms with Gasteiger partial charge in [-0.15, -0.1) is 0 Å². The summed E-state index contributed by atoms with van der Waals surface area (Å²) in [4.78, 5) is 0. The predicted molar refractivity (Wildman–Crippen MR) is 55.6 cm³/mol. The summed E-state index contributed by atoms with van der Waals surface area (Å²) >= 11 is 0. The molecule has 0 saturated heterocycles. The van der Waals surface area contributed by atoms with Gasteiger partial charge in [0.25, 0.3) is 0 Å². The van der Waals surface area contributed by atoms with Crippen molar-refractivity contribution in [3.63, 3.8) is 0 Å². The minimum absolute atomic E-state index is 0.241. The Morgan fingerprint density at radius 3 is 2.80 bits per heavy atom. The van der Waals surface area contributed by atoms with Gasteiger partial charge in [-0.3, -0.25) is 4.39 Å². The first-order chi connectivity index (χ1) is 7.18. The molecule has 3 heteroatoms. The van der Waals surface area contributed by atoms with E-state index < -0.39 is 12.2 Å². The van der Waals surface area contributed by atoms with Gasteiger partial charge in [0.15, 0.2) is 0 Å². The molecule has 0 spiro atoms. The van der Waals surface area contributed by atoms with Crippen LogP contribution in [0.4, 0.5) is 8.78 Å². The maximum Gasteiger partial charge on any atom is 0.128 e. The van der Waals surface area contributed by atoms with E-state index in [1.807, 2.05) is 0 Å². The largest absolute Gasteiger partial charge is 0.321 e. The zero-order valence-electron chi connectivity index (χ0n) is 8.55. The van der Waals surface area contributed by atoms with Gasteiger partial charge in [0.05, 0.1) is 6.67 Å². The van der Waals surface area contributed by atoms with Crippen LogP contribution in [0.15, 0.2) is 24.3 Å². The molecule has 0 heterocycles. The van der Waals surface area contributed by atoms with Crippen molar-refractivity contribution in [2.45, 2.75) is 24.8 Å². The molecule has 0 radical (unpaired) electrons. The summed E-state index contributed by atoms with van der Waals surface area (Å²) in [5.41, 5.74) is 5.81. The third-order valence-corrected chi connectivity index (χ3v) is 3.43. The van der Waals surface area contributed by atoms with Crippen LogP contribution in [0, 0.1) is 11.7 Å². The second-order valence-electron chi connectivity index (χ2n) is 4.26. The molecule has 2 rings (SSSR count). The zero-order valence-corrected chi connectivity index (χ0v) is 8.55. The lowest BCUT2D eigenvalue weighted by Gasteiger charge is -2.30. The fraction of sp³-hybridized carbons (Fsp3) is 0.500. The van der Waals surface area contributed by atoms with Gasteiger partial charge < -0.3 is 5.73 Å². The van der Waals surface area contributed by atoms with Crippen LogP contribution in [0.3, 0.4) is 0 Å². The Hall–Kier alpha value is -0.960. The third-order valence-electron chi connectivity index (χ3n) is 3.43. The molecule has 1 saturated carbocycles. The van der Waals surface area contributed by atoms with Crippen LogP contribution in [-0.2, 0) is 5.54 Å². The van der Waals surface area contributed by atoms with E-state index in [1.165, 1.54) is 6.07 Å². The average molecular weight is 211 g/mol. The molecule has 0 amide bonds. The standard InChI is InChI=1S/C12H15F2N/c13-8-9-4-3-7-12(9,15)10-5-1-2-6-11(10)14/h1-2,5-6,9H,3-4,7-8,15H2/t9-,12-/m0/s1. The Kier molecular flexibility index (Phi) is 2.74. The van der Waals surface area contributed by atoms with Gasteiger partial charge in [0.1, 0.15) is 5.82 Å². The highest BCUT2D eigenvalue weighted by Gasteiger charge is 2.42. The van der Waals surface area contributed by atoms with Crippen LogP contribution < -0.4 is 5.73 Å². The van der Waals surface area contributed by atoms with E-state index >= 15 is 0 Å². The molecule has 1 nitrogen and oxygen atoms in total. The molecule has 1 aromatic rings. The average Bonchev–Trinajstić information content (AvgIpc) is 2.61. The van der Waals surface area contributed by atoms with Crippen molar-refractivity contribution in [3.05, 3.63) is 35.6 Å². The van der Waals surface area contributed by atoms with Gasteiger partial charge in [0, 0.05) is 17.0 Å². The van der Waals surface area contributed by atoms with E-state index in [2.05, 4.69) is 0 Å². The Morgan fingerprint density at radius 2 is 2.13 bits per heavy atom. The van der Waals surface area contributed by atoms with Crippen LogP contribution >= 0.6 is 0 Å². The molecule has 0 bridgehead atoms. The quantitative estimate of drug-likeness (QED) is 0.799. The summed E-state index contributed by atoms with van der Waals surface area (Å²) in [6.45, 7) is -0.467. The molecular weight excluding hydrogens is 196 g/mol. The molecule has 1 fully saturated rings. The van der Waals surface area contributed by atoms with Crippen molar-refractivity contribution >= 4 is 0 Å². The van der Waals surface area contributed by atoms with Crippen molar-refractivity contribution in [1.82, 2.24) is 0 Å². The molecule has 1 aliphatic carbocycles. The van der Waals surface area contributed by atoms with E-state index in [4.69, 9.17) is 5.73 Å². The summed E-state index contributed by atoms with van der Waals surface area (Å²) in [5, 5.41) is 0. The van der Waals surface area contributed by atoms with Gasteiger partial charge in [0.2, 0.25) is 0 Å². The molecule has 1 aliphatic rings. The molecule has 2 N–H and O–H groups in total. The van der Waals surface area contributed by atoms with E-state index in [-0.39, 0.29) is 11.7 Å². The summed E-state index contributed by atoms with van der Waals surface area (Å²) in [5.74, 6) is -0.560. The van der Waals surface area contributed by atoms with Gasteiger partial charge >= 0.3 is 0 Å². The predicted octanol–water partition coefficient (Wildman–Crippen LogP) is 2.75. The number of nitrogens with two attached hydrogens (primary N) is 1. The lowest BCUT2D eigenvalue weighted by Crippen LogP contribution is -2.42. The molecule has 0 unspecified atom stereocenters. The molecule has 0 aliphatic heterocycles. The fourth-order valence-electron chi connectivity index (χ4n) is 2.51. The number of rotatable bonds is 2. The summed E-state index contributed by atoms with van der Waals surface area (Å²) < 4.78 is 26.4. The minimum atomic E-state index is -0.805. The van der Waals surface area contributed by atoms with E-state index in [9.17, 15) is 8.78 Å². The second-order valence-corrected chi connectivity index (χ2v) is 4.26. The Bertz CT molecular complexity index is 353. The molecule has 82 valence electrons. The van der Waals surface area contributed by atoms with Crippen LogP contribution in [0.2, 0.25) is 0 Å². The summed E-state index contributed by atoms with van der Waals surface area (Å²) in [6.07, 6.45) is 2.29. The van der Waals surface area contributed by atoms with Crippen molar-refractivity contribution in [2.24, 2.45) is 11.7 Å². The lowest BCUT2D eigenvalue weighted by molar-refractivity contribution is 0.250. The fourth-order valence-corrected chi connectivity index (χ4v) is 2.51. The molecule has 2 atom stereocenters. The van der Waals surface area contributed by atoms with Gasteiger partial charge in [-0.05, 0) is 18.9 Å². The normalized spacial score (nSPS) is 30.7. The van der Waals surface area contributed by atoms with E-state index in [0.717, 1.165) is 12.8 Å². The third kappa shape index (κ3) is 1.65. The first-order valence-corrected chi connectivity index (χ1v) is 5.28. The Morgan fingerprint density at radius 1 is 1.40 bits per heavy atom.